The van der Waals surface area contributed by atoms with Gasteiger partial charge in [-0.15, -0.1) is 23.1 Å². The van der Waals surface area contributed by atoms with Gasteiger partial charge in [0.25, 0.3) is 0 Å². The number of carbonyl (C=O) groups excluding carboxylic acids is 1. The number of aryl methyl sites for hydroxylation is 1. The van der Waals surface area contributed by atoms with Gasteiger partial charge in [-0.3, -0.25) is 4.79 Å². The highest BCUT2D eigenvalue weighted by molar-refractivity contribution is 8.00. The molecule has 41 heavy (non-hydrogen) atoms. The van der Waals surface area contributed by atoms with Gasteiger partial charge in [0, 0.05) is 27.2 Å². The largest absolute Gasteiger partial charge is 0.332 e. The highest BCUT2D eigenvalue weighted by atomic mass is 32.2. The van der Waals surface area contributed by atoms with E-state index in [9.17, 15) is 10.1 Å². The number of anilines is 3. The zero-order chi connectivity index (χ0) is 28.6. The fourth-order valence-electron chi connectivity index (χ4n) is 4.18. The molecule has 1 amide bonds. The summed E-state index contributed by atoms with van der Waals surface area (Å²) in [5.41, 5.74) is 5.97. The van der Waals surface area contributed by atoms with Crippen molar-refractivity contribution >= 4 is 62.7 Å². The number of thioether (sulfide) groups is 1. The first kappa shape index (κ1) is 28.1. The Kier molecular flexibility index (Phi) is 9.12. The van der Waals surface area contributed by atoms with Crippen LogP contribution in [0.25, 0.3) is 11.1 Å². The molecule has 0 saturated carbocycles. The minimum atomic E-state index is -0.544. The lowest BCUT2D eigenvalue weighted by Crippen LogP contribution is -2.19. The molecule has 0 aliphatic carbocycles. The lowest BCUT2D eigenvalue weighted by Gasteiger charge is -2.18. The molecule has 1 aromatic heterocycles. The van der Waals surface area contributed by atoms with Crippen LogP contribution in [-0.4, -0.2) is 11.0 Å². The third-order valence-corrected chi connectivity index (χ3v) is 8.57. The fourth-order valence-corrected chi connectivity index (χ4v) is 6.42. The lowest BCUT2D eigenvalue weighted by molar-refractivity contribution is -0.115. The Morgan fingerprint density at radius 1 is 0.854 bits per heavy atom. The number of thiophene rings is 1. The van der Waals surface area contributed by atoms with Gasteiger partial charge in [-0.25, -0.2) is 0 Å². The van der Waals surface area contributed by atoms with Gasteiger partial charge in [-0.1, -0.05) is 84.4 Å². The second-order valence-corrected chi connectivity index (χ2v) is 11.7. The molecule has 0 saturated heterocycles. The van der Waals surface area contributed by atoms with E-state index in [1.807, 2.05) is 121 Å². The van der Waals surface area contributed by atoms with Crippen molar-refractivity contribution in [1.29, 1.82) is 5.26 Å². The summed E-state index contributed by atoms with van der Waals surface area (Å²) in [6.07, 6.45) is 0. The predicted molar refractivity (Wildman–Crippen MR) is 176 cm³/mol. The van der Waals surface area contributed by atoms with Crippen LogP contribution in [0.4, 0.5) is 16.4 Å². The van der Waals surface area contributed by atoms with Gasteiger partial charge < -0.3 is 16.0 Å². The van der Waals surface area contributed by atoms with Gasteiger partial charge in [0.1, 0.15) is 16.3 Å². The Labute approximate surface area is 253 Å². The van der Waals surface area contributed by atoms with Crippen LogP contribution >= 0.6 is 35.3 Å². The highest BCUT2D eigenvalue weighted by Gasteiger charge is 2.25. The Morgan fingerprint density at radius 2 is 1.54 bits per heavy atom. The summed E-state index contributed by atoms with van der Waals surface area (Å²) in [6, 6.07) is 37.4. The number of nitrogens with one attached hydrogen (secondary N) is 3. The molecule has 0 fully saturated rings. The van der Waals surface area contributed by atoms with E-state index in [0.29, 0.717) is 15.7 Å². The quantitative estimate of drug-likeness (QED) is 0.124. The molecule has 1 unspecified atom stereocenters. The van der Waals surface area contributed by atoms with Gasteiger partial charge in [0.2, 0.25) is 5.91 Å². The van der Waals surface area contributed by atoms with Crippen molar-refractivity contribution in [2.24, 2.45) is 0 Å². The van der Waals surface area contributed by atoms with Crippen molar-refractivity contribution in [3.05, 3.63) is 131 Å². The molecule has 3 N–H and O–H groups in total. The molecule has 5 nitrogen and oxygen atoms in total. The molecule has 0 aliphatic rings. The first-order valence-corrected chi connectivity index (χ1v) is 15.0. The summed E-state index contributed by atoms with van der Waals surface area (Å²) in [7, 11) is 0. The first-order valence-electron chi connectivity index (χ1n) is 12.8. The van der Waals surface area contributed by atoms with E-state index >= 15 is 0 Å². The average molecular weight is 591 g/mol. The number of benzene rings is 4. The molecule has 0 radical (unpaired) electrons. The van der Waals surface area contributed by atoms with Crippen LogP contribution in [0, 0.1) is 18.3 Å². The Bertz CT molecular complexity index is 1690. The summed E-state index contributed by atoms with van der Waals surface area (Å²) in [6.45, 7) is 2.04. The third-order valence-electron chi connectivity index (χ3n) is 6.22. The Hall–Kier alpha value is -4.42. The van der Waals surface area contributed by atoms with E-state index in [4.69, 9.17) is 12.2 Å². The van der Waals surface area contributed by atoms with Crippen LogP contribution in [0.1, 0.15) is 21.9 Å². The summed E-state index contributed by atoms with van der Waals surface area (Å²) in [4.78, 5) is 14.6. The topological polar surface area (TPSA) is 76.9 Å². The van der Waals surface area contributed by atoms with Crippen molar-refractivity contribution in [2.45, 2.75) is 17.1 Å². The number of nitrogens with zero attached hydrogens (tertiary/aromatic N) is 1. The van der Waals surface area contributed by atoms with E-state index in [1.165, 1.54) is 28.7 Å². The molecule has 5 aromatic rings. The maximum absolute atomic E-state index is 13.7. The summed E-state index contributed by atoms with van der Waals surface area (Å²) >= 11 is 8.31. The number of nitriles is 1. The molecular weight excluding hydrogens is 565 g/mol. The van der Waals surface area contributed by atoms with Crippen LogP contribution in [0.5, 0.6) is 0 Å². The van der Waals surface area contributed by atoms with Crippen LogP contribution in [0.3, 0.4) is 0 Å². The van der Waals surface area contributed by atoms with Crippen LogP contribution in [0.15, 0.2) is 119 Å². The summed E-state index contributed by atoms with van der Waals surface area (Å²) in [5.74, 6) is -0.200. The number of carbonyl (C=O) groups is 1. The average Bonchev–Trinajstić information content (AvgIpc) is 3.40. The zero-order valence-corrected chi connectivity index (χ0v) is 24.6. The first-order chi connectivity index (χ1) is 20.0. The molecule has 5 rings (SSSR count). The monoisotopic (exact) mass is 590 g/mol. The Morgan fingerprint density at radius 3 is 2.24 bits per heavy atom. The minimum absolute atomic E-state index is 0.200. The molecule has 0 bridgehead atoms. The fraction of sp³-hybridized carbons (Fsp3) is 0.0606. The maximum Gasteiger partial charge on any atom is 0.243 e. The van der Waals surface area contributed by atoms with Gasteiger partial charge in [0.15, 0.2) is 5.11 Å². The molecular formula is C33H26N4OS3. The smallest absolute Gasteiger partial charge is 0.243 e. The van der Waals surface area contributed by atoms with E-state index in [-0.39, 0.29) is 5.91 Å². The highest BCUT2D eigenvalue weighted by Crippen LogP contribution is 2.40. The molecule has 1 heterocycles. The number of amides is 1. The molecule has 0 aliphatic heterocycles. The second kappa shape index (κ2) is 13.3. The van der Waals surface area contributed by atoms with Gasteiger partial charge in [-0.05, 0) is 60.6 Å². The van der Waals surface area contributed by atoms with Crippen molar-refractivity contribution in [2.75, 3.05) is 16.0 Å². The molecule has 202 valence electrons. The summed E-state index contributed by atoms with van der Waals surface area (Å²) < 4.78 is 0. The van der Waals surface area contributed by atoms with Crippen LogP contribution < -0.4 is 16.0 Å². The van der Waals surface area contributed by atoms with E-state index in [1.54, 1.807) is 0 Å². The molecule has 1 atom stereocenters. The van der Waals surface area contributed by atoms with Crippen LogP contribution in [0.2, 0.25) is 0 Å². The van der Waals surface area contributed by atoms with Gasteiger partial charge in [0.05, 0.1) is 5.56 Å². The SMILES string of the molecule is Cc1ccc(NC(=S)Nc2cccc(SC(C(=O)Nc3scc(-c4ccccc4)c3C#N)c3ccccc3)c2)cc1. The number of hydrogen-bond acceptors (Lipinski definition) is 5. The van der Waals surface area contributed by atoms with Crippen molar-refractivity contribution in [3.63, 3.8) is 0 Å². The van der Waals surface area contributed by atoms with E-state index in [2.05, 4.69) is 22.0 Å². The van der Waals surface area contributed by atoms with E-state index < -0.39 is 5.25 Å². The number of rotatable bonds is 8. The van der Waals surface area contributed by atoms with Crippen molar-refractivity contribution in [3.8, 4) is 17.2 Å². The lowest BCUT2D eigenvalue weighted by atomic mass is 10.1. The molecule has 4 aromatic carbocycles. The normalized spacial score (nSPS) is 11.2. The number of hydrogen-bond donors (Lipinski definition) is 3. The van der Waals surface area contributed by atoms with E-state index in [0.717, 1.165) is 33.0 Å². The molecule has 0 spiro atoms. The number of thiocarbonyl (C=S) groups is 1. The summed E-state index contributed by atoms with van der Waals surface area (Å²) in [5, 5.41) is 21.8. The third kappa shape index (κ3) is 7.21. The van der Waals surface area contributed by atoms with Gasteiger partial charge in [-0.2, -0.15) is 5.26 Å². The maximum atomic E-state index is 13.7. The minimum Gasteiger partial charge on any atom is -0.332 e. The van der Waals surface area contributed by atoms with Gasteiger partial charge >= 0.3 is 0 Å². The Balaban J connectivity index is 1.34. The second-order valence-electron chi connectivity index (χ2n) is 9.20. The van der Waals surface area contributed by atoms with Crippen molar-refractivity contribution in [1.82, 2.24) is 0 Å². The van der Waals surface area contributed by atoms with Crippen molar-refractivity contribution < 1.29 is 4.79 Å². The predicted octanol–water partition coefficient (Wildman–Crippen LogP) is 8.88. The molecule has 8 heteroatoms. The van der Waals surface area contributed by atoms with Crippen LogP contribution in [-0.2, 0) is 4.79 Å². The standard InChI is InChI=1S/C33H26N4OS3/c1-22-15-17-25(18-16-22)35-33(39)36-26-13-8-14-27(19-26)41-30(24-11-6-3-7-12-24)31(38)37-32-28(20-34)29(21-40-32)23-9-4-2-5-10-23/h2-19,21,30H,1H3,(H,37,38)(H2,35,36,39). The zero-order valence-electron chi connectivity index (χ0n) is 22.1.